The third-order valence-corrected chi connectivity index (χ3v) is 7.47. The van der Waals surface area contributed by atoms with Crippen LogP contribution in [0, 0.1) is 6.92 Å². The van der Waals surface area contributed by atoms with Crippen molar-refractivity contribution in [3.8, 4) is 0 Å². The third kappa shape index (κ3) is 3.43. The number of hydrogen-bond donors (Lipinski definition) is 1. The van der Waals surface area contributed by atoms with Gasteiger partial charge in [-0.05, 0) is 55.3 Å². The van der Waals surface area contributed by atoms with Gasteiger partial charge in [0.2, 0.25) is 0 Å². The molecule has 0 spiro atoms. The van der Waals surface area contributed by atoms with Crippen LogP contribution in [0.3, 0.4) is 0 Å². The Bertz CT molecular complexity index is 1180. The first kappa shape index (κ1) is 19.1. The van der Waals surface area contributed by atoms with E-state index < -0.39 is 10.1 Å². The van der Waals surface area contributed by atoms with E-state index >= 15 is 0 Å². The number of benzene rings is 3. The molecule has 0 aromatic heterocycles. The van der Waals surface area contributed by atoms with Crippen molar-refractivity contribution in [3.05, 3.63) is 77.4 Å². The highest BCUT2D eigenvalue weighted by molar-refractivity contribution is 8.00. The molecule has 0 bridgehead atoms. The van der Waals surface area contributed by atoms with E-state index in [4.69, 9.17) is 4.28 Å². The van der Waals surface area contributed by atoms with E-state index in [-0.39, 0.29) is 10.1 Å². The first-order chi connectivity index (χ1) is 13.4. The van der Waals surface area contributed by atoms with Crippen LogP contribution >= 0.6 is 11.8 Å². The number of nitrogens with one attached hydrogen (secondary N) is 1. The predicted octanol–water partition coefficient (Wildman–Crippen LogP) is 5.28. The minimum Gasteiger partial charge on any atom is -0.249 e. The molecule has 0 radical (unpaired) electrons. The van der Waals surface area contributed by atoms with Gasteiger partial charge in [-0.25, -0.2) is 5.48 Å². The van der Waals surface area contributed by atoms with Gasteiger partial charge >= 0.3 is 10.1 Å². The molecule has 3 aromatic carbocycles. The van der Waals surface area contributed by atoms with E-state index in [2.05, 4.69) is 30.6 Å². The Kier molecular flexibility index (Phi) is 4.95. The number of hydroxylamine groups is 1. The zero-order chi connectivity index (χ0) is 19.9. The highest BCUT2D eigenvalue weighted by Gasteiger charge is 2.26. The predicted molar refractivity (Wildman–Crippen MR) is 114 cm³/mol. The maximum atomic E-state index is 12.6. The van der Waals surface area contributed by atoms with Crippen LogP contribution in [0.5, 0.6) is 0 Å². The van der Waals surface area contributed by atoms with E-state index in [1.165, 1.54) is 0 Å². The van der Waals surface area contributed by atoms with Crippen molar-refractivity contribution in [2.75, 3.05) is 0 Å². The summed E-state index contributed by atoms with van der Waals surface area (Å²) >= 11 is 1.77. The van der Waals surface area contributed by atoms with Crippen molar-refractivity contribution < 1.29 is 12.7 Å². The highest BCUT2D eigenvalue weighted by atomic mass is 32.2. The number of aryl methyl sites for hydroxylation is 1. The lowest BCUT2D eigenvalue weighted by atomic mass is 9.98. The molecule has 28 heavy (non-hydrogen) atoms. The average molecular weight is 412 g/mol. The van der Waals surface area contributed by atoms with Crippen LogP contribution in [0.15, 0.2) is 76.0 Å². The van der Waals surface area contributed by atoms with E-state index in [0.717, 1.165) is 32.4 Å². The van der Waals surface area contributed by atoms with Gasteiger partial charge in [0, 0.05) is 15.7 Å². The summed E-state index contributed by atoms with van der Waals surface area (Å²) in [6.45, 7) is 6.02. The summed E-state index contributed by atoms with van der Waals surface area (Å²) in [6, 6.07) is 18.9. The normalized spacial score (nSPS) is 16.9. The van der Waals surface area contributed by atoms with E-state index in [1.54, 1.807) is 36.0 Å². The minimum absolute atomic E-state index is 0.125. The zero-order valence-corrected chi connectivity index (χ0v) is 17.5. The molecule has 6 heteroatoms. The monoisotopic (exact) mass is 411 g/mol. The quantitative estimate of drug-likeness (QED) is 0.592. The number of fused-ring (bicyclic) bond motifs is 3. The number of hydrogen-bond acceptors (Lipinski definition) is 5. The average Bonchev–Trinajstić information content (AvgIpc) is 2.68. The summed E-state index contributed by atoms with van der Waals surface area (Å²) < 4.78 is 30.5. The molecule has 1 atom stereocenters. The third-order valence-electron chi connectivity index (χ3n) is 5.01. The molecular weight excluding hydrogens is 390 g/mol. The molecule has 0 fully saturated rings. The second-order valence-corrected chi connectivity index (χ2v) is 9.86. The SMILES string of the molecule is CC1=C(NOS(=O)(=O)c2ccc(C)cc2)c2c(ccc3ccccc23)SC1C. The fourth-order valence-electron chi connectivity index (χ4n) is 3.27. The Morgan fingerprint density at radius 3 is 2.43 bits per heavy atom. The lowest BCUT2D eigenvalue weighted by Crippen LogP contribution is -2.24. The van der Waals surface area contributed by atoms with Gasteiger partial charge in [0.1, 0.15) is 0 Å². The van der Waals surface area contributed by atoms with Crippen LogP contribution in [-0.2, 0) is 14.4 Å². The standard InChI is InChI=1S/C22H21NO3S2/c1-14-8-11-18(12-9-14)28(24,25)26-23-22-15(2)16(3)27-20-13-10-17-6-4-5-7-19(17)21(20)22/h4-13,16,23H,1-3H3. The van der Waals surface area contributed by atoms with Crippen molar-refractivity contribution >= 4 is 38.3 Å². The van der Waals surface area contributed by atoms with Crippen molar-refractivity contribution in [3.63, 3.8) is 0 Å². The molecule has 144 valence electrons. The molecule has 1 unspecified atom stereocenters. The minimum atomic E-state index is -3.93. The zero-order valence-electron chi connectivity index (χ0n) is 15.9. The second-order valence-electron chi connectivity index (χ2n) is 6.93. The maximum Gasteiger partial charge on any atom is 0.317 e. The number of thioether (sulfide) groups is 1. The van der Waals surface area contributed by atoms with Gasteiger partial charge in [0.15, 0.2) is 0 Å². The Hall–Kier alpha value is -2.28. The van der Waals surface area contributed by atoms with Crippen LogP contribution in [0.25, 0.3) is 16.5 Å². The molecule has 4 nitrogen and oxygen atoms in total. The van der Waals surface area contributed by atoms with Crippen LogP contribution in [0.4, 0.5) is 0 Å². The van der Waals surface area contributed by atoms with E-state index in [0.29, 0.717) is 5.70 Å². The topological polar surface area (TPSA) is 55.4 Å². The highest BCUT2D eigenvalue weighted by Crippen LogP contribution is 2.43. The van der Waals surface area contributed by atoms with Crippen LogP contribution < -0.4 is 5.48 Å². The first-order valence-electron chi connectivity index (χ1n) is 9.02. The van der Waals surface area contributed by atoms with Crippen molar-refractivity contribution in [1.29, 1.82) is 0 Å². The lowest BCUT2D eigenvalue weighted by Gasteiger charge is -2.27. The van der Waals surface area contributed by atoms with Crippen molar-refractivity contribution in [2.24, 2.45) is 0 Å². The molecule has 1 aliphatic heterocycles. The summed E-state index contributed by atoms with van der Waals surface area (Å²) in [7, 11) is -3.93. The molecule has 1 heterocycles. The Balaban J connectivity index is 1.74. The molecule has 0 saturated heterocycles. The summed E-state index contributed by atoms with van der Waals surface area (Å²) in [4.78, 5) is 1.23. The second kappa shape index (κ2) is 7.28. The fraction of sp³-hybridized carbons (Fsp3) is 0.182. The van der Waals surface area contributed by atoms with Crippen molar-refractivity contribution in [1.82, 2.24) is 5.48 Å². The summed E-state index contributed by atoms with van der Waals surface area (Å²) in [5.41, 5.74) is 6.52. The summed E-state index contributed by atoms with van der Waals surface area (Å²) in [5, 5.41) is 2.38. The van der Waals surface area contributed by atoms with Gasteiger partial charge in [-0.3, -0.25) is 0 Å². The maximum absolute atomic E-state index is 12.6. The Morgan fingerprint density at radius 2 is 1.68 bits per heavy atom. The summed E-state index contributed by atoms with van der Waals surface area (Å²) in [6.07, 6.45) is 0. The van der Waals surface area contributed by atoms with Crippen molar-refractivity contribution in [2.45, 2.75) is 35.8 Å². The Morgan fingerprint density at radius 1 is 0.964 bits per heavy atom. The Labute approximate surface area is 169 Å². The van der Waals surface area contributed by atoms with Crippen LogP contribution in [0.1, 0.15) is 25.0 Å². The van der Waals surface area contributed by atoms with Gasteiger partial charge in [0.05, 0.1) is 10.6 Å². The van der Waals surface area contributed by atoms with Gasteiger partial charge in [0.25, 0.3) is 0 Å². The lowest BCUT2D eigenvalue weighted by molar-refractivity contribution is 0.257. The van der Waals surface area contributed by atoms with Gasteiger partial charge in [-0.15, -0.1) is 16.0 Å². The van der Waals surface area contributed by atoms with Gasteiger partial charge in [-0.2, -0.15) is 8.42 Å². The summed E-state index contributed by atoms with van der Waals surface area (Å²) in [5.74, 6) is 0. The molecule has 1 aliphatic rings. The molecule has 0 aliphatic carbocycles. The molecule has 1 N–H and O–H groups in total. The molecule has 0 amide bonds. The smallest absolute Gasteiger partial charge is 0.249 e. The van der Waals surface area contributed by atoms with Crippen LogP contribution in [-0.4, -0.2) is 13.7 Å². The molecule has 3 aromatic rings. The van der Waals surface area contributed by atoms with Crippen LogP contribution in [0.2, 0.25) is 0 Å². The molecular formula is C22H21NO3S2. The van der Waals surface area contributed by atoms with E-state index in [9.17, 15) is 8.42 Å². The fourth-order valence-corrected chi connectivity index (χ4v) is 5.18. The van der Waals surface area contributed by atoms with E-state index in [1.807, 2.05) is 32.0 Å². The molecule has 0 saturated carbocycles. The first-order valence-corrected chi connectivity index (χ1v) is 11.3. The number of rotatable bonds is 4. The largest absolute Gasteiger partial charge is 0.317 e. The van der Waals surface area contributed by atoms with Gasteiger partial charge in [-0.1, -0.05) is 48.0 Å². The van der Waals surface area contributed by atoms with Gasteiger partial charge < -0.3 is 0 Å². The molecule has 4 rings (SSSR count).